The average molecular weight is 221 g/mol. The summed E-state index contributed by atoms with van der Waals surface area (Å²) in [5, 5.41) is 10.7. The highest BCUT2D eigenvalue weighted by atomic mass is 16.6. The van der Waals surface area contributed by atoms with E-state index in [4.69, 9.17) is 0 Å². The van der Waals surface area contributed by atoms with E-state index in [-0.39, 0.29) is 35.7 Å². The summed E-state index contributed by atoms with van der Waals surface area (Å²) in [7, 11) is 0. The molecule has 0 spiro atoms. The van der Waals surface area contributed by atoms with Crippen LogP contribution in [0.15, 0.2) is 24.3 Å². The number of para-hydroxylation sites is 1. The Hall–Kier alpha value is -2.04. The van der Waals surface area contributed by atoms with E-state index in [1.54, 1.807) is 6.07 Å². The van der Waals surface area contributed by atoms with E-state index in [1.807, 2.05) is 0 Å². The number of carbonyl (C=O) groups excluding carboxylic acids is 2. The summed E-state index contributed by atoms with van der Waals surface area (Å²) in [6, 6.07) is 5.75. The van der Waals surface area contributed by atoms with Gasteiger partial charge in [-0.15, -0.1) is 0 Å². The van der Waals surface area contributed by atoms with E-state index in [2.05, 4.69) is 0 Å². The quantitative estimate of drug-likeness (QED) is 0.433. The predicted molar refractivity (Wildman–Crippen MR) is 57.3 cm³/mol. The third-order valence-corrected chi connectivity index (χ3v) is 2.11. The number of nitro groups is 1. The molecule has 1 rings (SSSR count). The Balaban J connectivity index is 2.90. The summed E-state index contributed by atoms with van der Waals surface area (Å²) in [5.41, 5.74) is -0.148. The first kappa shape index (κ1) is 12.0. The summed E-state index contributed by atoms with van der Waals surface area (Å²) < 4.78 is 0. The van der Waals surface area contributed by atoms with Crippen LogP contribution in [0.3, 0.4) is 0 Å². The van der Waals surface area contributed by atoms with Crippen molar-refractivity contribution in [2.45, 2.75) is 19.8 Å². The molecule has 84 valence electrons. The zero-order valence-corrected chi connectivity index (χ0v) is 8.80. The van der Waals surface area contributed by atoms with Crippen LogP contribution in [0.5, 0.6) is 0 Å². The number of carbonyl (C=O) groups is 2. The summed E-state index contributed by atoms with van der Waals surface area (Å²) in [6.45, 7) is 1.38. The summed E-state index contributed by atoms with van der Waals surface area (Å²) >= 11 is 0. The molecule has 0 bridgehead atoms. The van der Waals surface area contributed by atoms with E-state index < -0.39 is 4.92 Å². The second-order valence-corrected chi connectivity index (χ2v) is 3.40. The molecule has 0 aromatic heterocycles. The van der Waals surface area contributed by atoms with Crippen molar-refractivity contribution in [1.82, 2.24) is 0 Å². The van der Waals surface area contributed by atoms with Crippen LogP contribution in [-0.2, 0) is 4.79 Å². The number of Topliss-reactive ketones (excluding diaryl/α,β-unsaturated/α-hetero) is 2. The van der Waals surface area contributed by atoms with Crippen LogP contribution in [0, 0.1) is 10.1 Å². The number of nitro benzene ring substituents is 1. The van der Waals surface area contributed by atoms with Crippen LogP contribution in [0.4, 0.5) is 5.69 Å². The molecule has 0 aliphatic heterocycles. The Bertz CT molecular complexity index is 439. The van der Waals surface area contributed by atoms with Crippen molar-refractivity contribution < 1.29 is 14.5 Å². The molecule has 0 saturated heterocycles. The van der Waals surface area contributed by atoms with Crippen LogP contribution in [-0.4, -0.2) is 16.5 Å². The zero-order chi connectivity index (χ0) is 12.1. The van der Waals surface area contributed by atoms with Gasteiger partial charge >= 0.3 is 0 Å². The van der Waals surface area contributed by atoms with E-state index >= 15 is 0 Å². The molecule has 0 heterocycles. The van der Waals surface area contributed by atoms with Crippen molar-refractivity contribution in [1.29, 1.82) is 0 Å². The molecule has 0 fully saturated rings. The number of rotatable bonds is 5. The number of nitrogens with zero attached hydrogens (tertiary/aromatic N) is 1. The van der Waals surface area contributed by atoms with Crippen molar-refractivity contribution in [2.24, 2.45) is 0 Å². The molecule has 0 unspecified atom stereocenters. The highest BCUT2D eigenvalue weighted by molar-refractivity contribution is 6.01. The predicted octanol–water partition coefficient (Wildman–Crippen LogP) is 2.15. The number of benzene rings is 1. The highest BCUT2D eigenvalue weighted by Gasteiger charge is 2.18. The molecule has 1 aromatic rings. The van der Waals surface area contributed by atoms with Gasteiger partial charge in [-0.1, -0.05) is 12.1 Å². The third-order valence-electron chi connectivity index (χ3n) is 2.11. The SMILES string of the molecule is CC(=O)CCC(=O)c1ccccc1[N+](=O)[O-]. The molecule has 0 radical (unpaired) electrons. The van der Waals surface area contributed by atoms with Gasteiger partial charge in [0.2, 0.25) is 0 Å². The van der Waals surface area contributed by atoms with Gasteiger partial charge in [-0.3, -0.25) is 14.9 Å². The lowest BCUT2D eigenvalue weighted by Gasteiger charge is -2.00. The van der Waals surface area contributed by atoms with Crippen molar-refractivity contribution in [3.05, 3.63) is 39.9 Å². The molecular weight excluding hydrogens is 210 g/mol. The minimum atomic E-state index is -0.596. The molecular formula is C11H11NO4. The first-order valence-corrected chi connectivity index (χ1v) is 4.78. The van der Waals surface area contributed by atoms with Crippen LogP contribution < -0.4 is 0 Å². The lowest BCUT2D eigenvalue weighted by molar-refractivity contribution is -0.385. The normalized spacial score (nSPS) is 9.81. The van der Waals surface area contributed by atoms with Gasteiger partial charge in [-0.2, -0.15) is 0 Å². The molecule has 5 heteroatoms. The van der Waals surface area contributed by atoms with Gasteiger partial charge in [-0.25, -0.2) is 0 Å². The van der Waals surface area contributed by atoms with Gasteiger partial charge in [0.15, 0.2) is 5.78 Å². The first-order chi connectivity index (χ1) is 7.52. The van der Waals surface area contributed by atoms with Gasteiger partial charge in [0, 0.05) is 18.9 Å². The standard InChI is InChI=1S/C11H11NO4/c1-8(13)6-7-11(14)9-4-2-3-5-10(9)12(15)16/h2-5H,6-7H2,1H3. The van der Waals surface area contributed by atoms with Gasteiger partial charge in [0.25, 0.3) is 5.69 Å². The number of hydrogen-bond donors (Lipinski definition) is 0. The van der Waals surface area contributed by atoms with E-state index in [9.17, 15) is 19.7 Å². The zero-order valence-electron chi connectivity index (χ0n) is 8.80. The van der Waals surface area contributed by atoms with Crippen molar-refractivity contribution >= 4 is 17.3 Å². The maximum absolute atomic E-state index is 11.6. The van der Waals surface area contributed by atoms with Crippen LogP contribution in [0.25, 0.3) is 0 Å². The maximum Gasteiger partial charge on any atom is 0.280 e. The van der Waals surface area contributed by atoms with Crippen molar-refractivity contribution in [3.63, 3.8) is 0 Å². The number of ketones is 2. The monoisotopic (exact) mass is 221 g/mol. The Kier molecular flexibility index (Phi) is 3.88. The van der Waals surface area contributed by atoms with Crippen molar-refractivity contribution in [3.8, 4) is 0 Å². The molecule has 0 amide bonds. The fraction of sp³-hybridized carbons (Fsp3) is 0.273. The van der Waals surface area contributed by atoms with Gasteiger partial charge in [-0.05, 0) is 13.0 Å². The van der Waals surface area contributed by atoms with E-state index in [0.29, 0.717) is 0 Å². The van der Waals surface area contributed by atoms with Crippen LogP contribution in [0.1, 0.15) is 30.1 Å². The second-order valence-electron chi connectivity index (χ2n) is 3.40. The Morgan fingerprint density at radius 1 is 1.25 bits per heavy atom. The summed E-state index contributed by atoms with van der Waals surface area (Å²) in [5.74, 6) is -0.477. The summed E-state index contributed by atoms with van der Waals surface area (Å²) in [4.78, 5) is 32.4. The summed E-state index contributed by atoms with van der Waals surface area (Å²) in [6.07, 6.45) is 0.130. The highest BCUT2D eigenvalue weighted by Crippen LogP contribution is 2.19. The first-order valence-electron chi connectivity index (χ1n) is 4.78. The smallest absolute Gasteiger partial charge is 0.280 e. The largest absolute Gasteiger partial charge is 0.300 e. The molecule has 16 heavy (non-hydrogen) atoms. The average Bonchev–Trinajstić information content (AvgIpc) is 2.25. The third kappa shape index (κ3) is 2.98. The van der Waals surface area contributed by atoms with Gasteiger partial charge in [0.05, 0.1) is 10.5 Å². The second kappa shape index (κ2) is 5.16. The molecule has 0 aliphatic carbocycles. The molecule has 0 N–H and O–H groups in total. The minimum Gasteiger partial charge on any atom is -0.300 e. The maximum atomic E-state index is 11.6. The molecule has 0 atom stereocenters. The Morgan fingerprint density at radius 3 is 2.44 bits per heavy atom. The van der Waals surface area contributed by atoms with Crippen LogP contribution >= 0.6 is 0 Å². The minimum absolute atomic E-state index is 0.0141. The number of hydrogen-bond acceptors (Lipinski definition) is 4. The van der Waals surface area contributed by atoms with E-state index in [1.165, 1.54) is 25.1 Å². The van der Waals surface area contributed by atoms with Crippen LogP contribution in [0.2, 0.25) is 0 Å². The lowest BCUT2D eigenvalue weighted by Crippen LogP contribution is -2.05. The molecule has 0 aliphatic rings. The van der Waals surface area contributed by atoms with Gasteiger partial charge < -0.3 is 4.79 Å². The Labute approximate surface area is 92.2 Å². The fourth-order valence-electron chi connectivity index (χ4n) is 1.29. The Morgan fingerprint density at radius 2 is 1.88 bits per heavy atom. The molecule has 5 nitrogen and oxygen atoms in total. The van der Waals surface area contributed by atoms with Crippen molar-refractivity contribution in [2.75, 3.05) is 0 Å². The lowest BCUT2D eigenvalue weighted by atomic mass is 10.0. The molecule has 1 aromatic carbocycles. The molecule has 0 saturated carbocycles. The van der Waals surface area contributed by atoms with E-state index in [0.717, 1.165) is 0 Å². The fourth-order valence-corrected chi connectivity index (χ4v) is 1.29. The topological polar surface area (TPSA) is 77.3 Å². The van der Waals surface area contributed by atoms with Gasteiger partial charge in [0.1, 0.15) is 5.78 Å².